The largest absolute Gasteiger partial charge is 0.494 e. The van der Waals surface area contributed by atoms with Gasteiger partial charge in [-0.25, -0.2) is 9.97 Å². The van der Waals surface area contributed by atoms with Crippen molar-refractivity contribution in [1.82, 2.24) is 9.97 Å². The molecule has 0 aliphatic heterocycles. The van der Waals surface area contributed by atoms with Gasteiger partial charge in [0.25, 0.3) is 5.69 Å². The Morgan fingerprint density at radius 2 is 1.88 bits per heavy atom. The predicted octanol–water partition coefficient (Wildman–Crippen LogP) is 3.44. The number of nitrogens with one attached hydrogen (secondary N) is 1. The number of carbonyl (C=O) groups excluding carboxylic acids is 1. The number of nitro groups is 1. The third-order valence-corrected chi connectivity index (χ3v) is 4.88. The number of thioether (sulfide) groups is 1. The monoisotopic (exact) mass is 376 g/mol. The quantitative estimate of drug-likeness (QED) is 0.356. The fraction of sp³-hybridized carbons (Fsp3) is 0.353. The zero-order valence-corrected chi connectivity index (χ0v) is 16.0. The molecule has 2 rings (SSSR count). The summed E-state index contributed by atoms with van der Waals surface area (Å²) in [5, 5.41) is 13.6. The standard InChI is InChI=1S/C17H20N4O4S/c1-9-10(2)18-17(19-11(9)3)26-12(4)16(22)20-14-7-6-13(21(23)24)8-15(14)25-5/h6-8,12H,1-5H3,(H,20,22)/t12-/m0/s1. The molecule has 1 amide bonds. The van der Waals surface area contributed by atoms with Crippen LogP contribution in [0.1, 0.15) is 23.9 Å². The lowest BCUT2D eigenvalue weighted by Gasteiger charge is -2.14. The van der Waals surface area contributed by atoms with Gasteiger partial charge in [-0.2, -0.15) is 0 Å². The number of carbonyl (C=O) groups is 1. The summed E-state index contributed by atoms with van der Waals surface area (Å²) in [6, 6.07) is 4.03. The number of hydrogen-bond donors (Lipinski definition) is 1. The molecule has 0 aliphatic rings. The van der Waals surface area contributed by atoms with Crippen molar-refractivity contribution < 1.29 is 14.5 Å². The molecule has 9 heteroatoms. The highest BCUT2D eigenvalue weighted by molar-refractivity contribution is 8.00. The third-order valence-electron chi connectivity index (χ3n) is 3.92. The second kappa shape index (κ2) is 8.13. The van der Waals surface area contributed by atoms with Crippen LogP contribution in [0.4, 0.5) is 11.4 Å². The molecule has 0 spiro atoms. The van der Waals surface area contributed by atoms with Crippen molar-refractivity contribution in [2.75, 3.05) is 12.4 Å². The summed E-state index contributed by atoms with van der Waals surface area (Å²) < 4.78 is 5.13. The second-order valence-corrected chi connectivity index (χ2v) is 7.00. The molecule has 0 saturated carbocycles. The molecule has 1 aromatic carbocycles. The molecule has 1 atom stereocenters. The molecular weight excluding hydrogens is 356 g/mol. The lowest BCUT2D eigenvalue weighted by molar-refractivity contribution is -0.384. The van der Waals surface area contributed by atoms with Crippen LogP contribution in [0.25, 0.3) is 0 Å². The number of nitro benzene ring substituents is 1. The van der Waals surface area contributed by atoms with Gasteiger partial charge in [0.15, 0.2) is 5.16 Å². The van der Waals surface area contributed by atoms with E-state index in [-0.39, 0.29) is 17.3 Å². The van der Waals surface area contributed by atoms with Gasteiger partial charge in [-0.15, -0.1) is 0 Å². The number of rotatable bonds is 6. The van der Waals surface area contributed by atoms with Gasteiger partial charge in [-0.1, -0.05) is 11.8 Å². The van der Waals surface area contributed by atoms with E-state index >= 15 is 0 Å². The Bertz CT molecular complexity index is 834. The van der Waals surface area contributed by atoms with Crippen LogP contribution >= 0.6 is 11.8 Å². The minimum absolute atomic E-state index is 0.110. The average molecular weight is 376 g/mol. The van der Waals surface area contributed by atoms with Gasteiger partial charge in [-0.3, -0.25) is 14.9 Å². The summed E-state index contributed by atoms with van der Waals surface area (Å²) in [6.45, 7) is 7.50. The van der Waals surface area contributed by atoms with Crippen LogP contribution in [0.2, 0.25) is 0 Å². The maximum absolute atomic E-state index is 12.5. The number of benzene rings is 1. The van der Waals surface area contributed by atoms with Crippen LogP contribution in [-0.4, -0.2) is 33.2 Å². The van der Waals surface area contributed by atoms with E-state index in [9.17, 15) is 14.9 Å². The number of aryl methyl sites for hydroxylation is 2. The zero-order chi connectivity index (χ0) is 19.4. The normalized spacial score (nSPS) is 11.7. The van der Waals surface area contributed by atoms with Crippen molar-refractivity contribution in [3.8, 4) is 5.75 Å². The molecule has 0 fully saturated rings. The molecule has 1 N–H and O–H groups in total. The molecule has 0 radical (unpaired) electrons. The molecule has 26 heavy (non-hydrogen) atoms. The SMILES string of the molecule is COc1cc([N+](=O)[O-])ccc1NC(=O)[C@H](C)Sc1nc(C)c(C)c(C)n1. The molecule has 1 aromatic heterocycles. The number of anilines is 1. The highest BCUT2D eigenvalue weighted by atomic mass is 32.2. The Morgan fingerprint density at radius 1 is 1.27 bits per heavy atom. The lowest BCUT2D eigenvalue weighted by atomic mass is 10.2. The van der Waals surface area contributed by atoms with Crippen LogP contribution in [0.15, 0.2) is 23.4 Å². The van der Waals surface area contributed by atoms with Crippen molar-refractivity contribution in [3.63, 3.8) is 0 Å². The lowest BCUT2D eigenvalue weighted by Crippen LogP contribution is -2.23. The second-order valence-electron chi connectivity index (χ2n) is 5.69. The first-order chi connectivity index (χ1) is 12.2. The fourth-order valence-corrected chi connectivity index (χ4v) is 3.00. The summed E-state index contributed by atoms with van der Waals surface area (Å²) >= 11 is 1.25. The number of amides is 1. The van der Waals surface area contributed by atoms with Crippen molar-refractivity contribution in [3.05, 3.63) is 45.3 Å². The molecule has 0 saturated heterocycles. The molecule has 0 unspecified atom stereocenters. The molecule has 0 bridgehead atoms. The summed E-state index contributed by atoms with van der Waals surface area (Å²) in [7, 11) is 1.39. The smallest absolute Gasteiger partial charge is 0.273 e. The minimum atomic E-state index is -0.522. The van der Waals surface area contributed by atoms with Crippen molar-refractivity contribution in [2.45, 2.75) is 38.1 Å². The van der Waals surface area contributed by atoms with Crippen molar-refractivity contribution in [2.24, 2.45) is 0 Å². The minimum Gasteiger partial charge on any atom is -0.494 e. The van der Waals surface area contributed by atoms with Crippen LogP contribution in [0.3, 0.4) is 0 Å². The van der Waals surface area contributed by atoms with E-state index in [2.05, 4.69) is 15.3 Å². The van der Waals surface area contributed by atoms with Gasteiger partial charge in [-0.05, 0) is 39.3 Å². The molecule has 0 aliphatic carbocycles. The van der Waals surface area contributed by atoms with Gasteiger partial charge in [0.05, 0.1) is 29.0 Å². The number of hydrogen-bond acceptors (Lipinski definition) is 7. The number of nitrogens with zero attached hydrogens (tertiary/aromatic N) is 3. The maximum Gasteiger partial charge on any atom is 0.273 e. The topological polar surface area (TPSA) is 107 Å². The summed E-state index contributed by atoms with van der Waals surface area (Å²) in [4.78, 5) is 31.6. The van der Waals surface area contributed by atoms with Crippen LogP contribution in [-0.2, 0) is 4.79 Å². The Morgan fingerprint density at radius 3 is 2.42 bits per heavy atom. The first-order valence-electron chi connectivity index (χ1n) is 7.84. The highest BCUT2D eigenvalue weighted by Crippen LogP contribution is 2.30. The van der Waals surface area contributed by atoms with Crippen LogP contribution in [0, 0.1) is 30.9 Å². The van der Waals surface area contributed by atoms with E-state index in [1.807, 2.05) is 20.8 Å². The number of methoxy groups -OCH3 is 1. The van der Waals surface area contributed by atoms with Gasteiger partial charge in [0, 0.05) is 17.5 Å². The zero-order valence-electron chi connectivity index (χ0n) is 15.2. The molecule has 138 valence electrons. The van der Waals surface area contributed by atoms with Gasteiger partial charge >= 0.3 is 0 Å². The van der Waals surface area contributed by atoms with Gasteiger partial charge in [0.2, 0.25) is 5.91 Å². The van der Waals surface area contributed by atoms with E-state index < -0.39 is 10.2 Å². The Hall–Kier alpha value is -2.68. The summed E-state index contributed by atoms with van der Waals surface area (Å²) in [5.74, 6) is -0.0512. The van der Waals surface area contributed by atoms with E-state index in [1.165, 1.54) is 37.1 Å². The summed E-state index contributed by atoms with van der Waals surface area (Å²) in [6.07, 6.45) is 0. The van der Waals surface area contributed by atoms with Crippen molar-refractivity contribution in [1.29, 1.82) is 0 Å². The Labute approximate surface area is 155 Å². The molecule has 2 aromatic rings. The summed E-state index contributed by atoms with van der Waals surface area (Å²) in [5.41, 5.74) is 3.05. The first kappa shape index (κ1) is 19.6. The number of non-ortho nitro benzene ring substituents is 1. The predicted molar refractivity (Wildman–Crippen MR) is 99.8 cm³/mol. The van der Waals surface area contributed by atoms with E-state index in [4.69, 9.17) is 4.74 Å². The van der Waals surface area contributed by atoms with E-state index in [1.54, 1.807) is 6.92 Å². The first-order valence-corrected chi connectivity index (χ1v) is 8.72. The van der Waals surface area contributed by atoms with Crippen molar-refractivity contribution >= 4 is 29.0 Å². The molecule has 8 nitrogen and oxygen atoms in total. The van der Waals surface area contributed by atoms with Gasteiger partial charge in [0.1, 0.15) is 5.75 Å². The van der Waals surface area contributed by atoms with E-state index in [0.29, 0.717) is 10.8 Å². The maximum atomic E-state index is 12.5. The number of aromatic nitrogens is 2. The fourth-order valence-electron chi connectivity index (χ4n) is 2.14. The Balaban J connectivity index is 2.13. The van der Waals surface area contributed by atoms with E-state index in [0.717, 1.165) is 17.0 Å². The molecule has 1 heterocycles. The Kier molecular flexibility index (Phi) is 6.14. The average Bonchev–Trinajstić information content (AvgIpc) is 2.59. The highest BCUT2D eigenvalue weighted by Gasteiger charge is 2.20. The van der Waals surface area contributed by atoms with Crippen LogP contribution < -0.4 is 10.1 Å². The van der Waals surface area contributed by atoms with Gasteiger partial charge < -0.3 is 10.1 Å². The molecular formula is C17H20N4O4S. The van der Waals surface area contributed by atoms with Crippen LogP contribution in [0.5, 0.6) is 5.75 Å². The number of ether oxygens (including phenoxy) is 1. The third kappa shape index (κ3) is 4.48.